The van der Waals surface area contributed by atoms with Gasteiger partial charge in [-0.25, -0.2) is 0 Å². The first kappa shape index (κ1) is 9.39. The number of para-hydroxylation sites is 3. The zero-order chi connectivity index (χ0) is 35.9. The molecule has 4 aromatic carbocycles. The Morgan fingerprint density at radius 3 is 1.50 bits per heavy atom. The van der Waals surface area contributed by atoms with Gasteiger partial charge in [-0.2, -0.15) is 15.0 Å². The molecule has 162 valence electrons. The molecule has 0 N–H and O–H groups in total. The predicted octanol–water partition coefficient (Wildman–Crippen LogP) is 6.68. The van der Waals surface area contributed by atoms with Gasteiger partial charge in [0.25, 0.3) is 0 Å². The molecule has 0 saturated heterocycles. The molecule has 3 heterocycles. The maximum Gasteiger partial charge on any atom is 0.239 e. The number of rotatable bonds is 2. The second kappa shape index (κ2) is 6.99. The summed E-state index contributed by atoms with van der Waals surface area (Å²) >= 11 is 0. The summed E-state index contributed by atoms with van der Waals surface area (Å²) in [6.45, 7) is 2.89. The van der Waals surface area contributed by atoms with Crippen LogP contribution in [0.25, 0.3) is 55.5 Å². The van der Waals surface area contributed by atoms with Gasteiger partial charge in [-0.05, 0) is 44.1 Å². The van der Waals surface area contributed by atoms with E-state index in [1.165, 1.54) is 13.8 Å². The molecule has 0 aliphatic heterocycles. The van der Waals surface area contributed by atoms with Gasteiger partial charge in [-0.3, -0.25) is 9.13 Å². The van der Waals surface area contributed by atoms with Crippen LogP contribution in [0.5, 0.6) is 0 Å². The molecule has 0 fully saturated rings. The van der Waals surface area contributed by atoms with Crippen LogP contribution < -0.4 is 0 Å². The van der Waals surface area contributed by atoms with E-state index in [0.29, 0.717) is 0 Å². The summed E-state index contributed by atoms with van der Waals surface area (Å²) in [6, 6.07) is -8.12. The van der Waals surface area contributed by atoms with Gasteiger partial charge in [0.05, 0.1) is 42.6 Å². The number of nitrogens with zero attached hydrogens (tertiary/aromatic N) is 5. The predicted molar refractivity (Wildman–Crippen MR) is 138 cm³/mol. The standard InChI is InChI=1S/C29H21N5/c1-18-15-16-27-23(17-18)22-11-5-8-14-26(22)34(27)29-31-19(2)30-28(32-29)33-24-12-6-3-9-20(24)21-10-4-7-13-25(21)33/h3-17H,1-2H3/i3D,4D,5D,6D,7D,8D,9D,10D,11D,12D,13D,14D,15D,16D,17D. The minimum Gasteiger partial charge on any atom is -0.278 e. The summed E-state index contributed by atoms with van der Waals surface area (Å²) in [5.41, 5.74) is -0.773. The van der Waals surface area contributed by atoms with E-state index in [2.05, 4.69) is 15.0 Å². The van der Waals surface area contributed by atoms with Crippen molar-refractivity contribution in [2.75, 3.05) is 0 Å². The number of aryl methyl sites for hydroxylation is 1. The third kappa shape index (κ3) is 2.64. The van der Waals surface area contributed by atoms with Crippen molar-refractivity contribution in [1.29, 1.82) is 0 Å². The van der Waals surface area contributed by atoms with E-state index in [1.54, 1.807) is 0 Å². The van der Waals surface area contributed by atoms with E-state index in [4.69, 9.17) is 20.6 Å². The summed E-state index contributed by atoms with van der Waals surface area (Å²) in [4.78, 5) is 13.3. The minimum absolute atomic E-state index is 0.0247. The third-order valence-electron chi connectivity index (χ3n) is 5.44. The van der Waals surface area contributed by atoms with Crippen LogP contribution in [0.4, 0.5) is 0 Å². The first-order chi connectivity index (χ1) is 22.9. The molecule has 7 rings (SSSR count). The number of aromatic nitrogens is 5. The molecule has 3 aromatic heterocycles. The van der Waals surface area contributed by atoms with Gasteiger partial charge in [0, 0.05) is 21.5 Å². The Hall–Kier alpha value is -4.51. The Morgan fingerprint density at radius 1 is 0.529 bits per heavy atom. The molecule has 0 bridgehead atoms. The maximum atomic E-state index is 8.90. The van der Waals surface area contributed by atoms with Gasteiger partial charge >= 0.3 is 0 Å². The van der Waals surface area contributed by atoms with Crippen molar-refractivity contribution in [3.8, 4) is 11.9 Å². The second-order valence-corrected chi connectivity index (χ2v) is 7.55. The van der Waals surface area contributed by atoms with Gasteiger partial charge in [0.2, 0.25) is 11.9 Å². The van der Waals surface area contributed by atoms with E-state index in [-0.39, 0.29) is 79.0 Å². The summed E-state index contributed by atoms with van der Waals surface area (Å²) < 4.78 is 131. The number of fused-ring (bicyclic) bond motifs is 6. The van der Waals surface area contributed by atoms with Crippen LogP contribution in [0, 0.1) is 13.8 Å². The molecule has 7 aromatic rings. The summed E-state index contributed by atoms with van der Waals surface area (Å²) in [7, 11) is 0. The van der Waals surface area contributed by atoms with Gasteiger partial charge in [0.15, 0.2) is 0 Å². The molecule has 5 heteroatoms. The fourth-order valence-corrected chi connectivity index (χ4v) is 4.08. The number of benzene rings is 4. The summed E-state index contributed by atoms with van der Waals surface area (Å²) in [5, 5.41) is -0.567. The van der Waals surface area contributed by atoms with Crippen molar-refractivity contribution in [2.45, 2.75) is 13.8 Å². The van der Waals surface area contributed by atoms with E-state index in [1.807, 2.05) is 0 Å². The van der Waals surface area contributed by atoms with Crippen molar-refractivity contribution in [1.82, 2.24) is 24.1 Å². The highest BCUT2D eigenvalue weighted by Gasteiger charge is 2.18. The molecule has 0 radical (unpaired) electrons. The Bertz CT molecular complexity index is 2360. The van der Waals surface area contributed by atoms with Crippen molar-refractivity contribution in [2.24, 2.45) is 0 Å². The topological polar surface area (TPSA) is 48.5 Å². The number of hydrogen-bond acceptors (Lipinski definition) is 3. The Balaban J connectivity index is 1.74. The molecule has 34 heavy (non-hydrogen) atoms. The van der Waals surface area contributed by atoms with E-state index >= 15 is 0 Å². The first-order valence-corrected chi connectivity index (χ1v) is 10.2. The van der Waals surface area contributed by atoms with Crippen LogP contribution in [-0.2, 0) is 0 Å². The largest absolute Gasteiger partial charge is 0.278 e. The lowest BCUT2D eigenvalue weighted by Gasteiger charge is -2.11. The fourth-order valence-electron chi connectivity index (χ4n) is 4.08. The average molecular weight is 455 g/mol. The van der Waals surface area contributed by atoms with Gasteiger partial charge in [-0.15, -0.1) is 0 Å². The Kier molecular flexibility index (Phi) is 1.93. The van der Waals surface area contributed by atoms with Crippen molar-refractivity contribution < 1.29 is 20.6 Å². The van der Waals surface area contributed by atoms with Gasteiger partial charge < -0.3 is 0 Å². The molecule has 5 nitrogen and oxygen atoms in total. The normalized spacial score (nSPS) is 18.0. The lowest BCUT2D eigenvalue weighted by atomic mass is 10.1. The average Bonchev–Trinajstić information content (AvgIpc) is 3.63. The Morgan fingerprint density at radius 2 is 0.971 bits per heavy atom. The smallest absolute Gasteiger partial charge is 0.239 e. The molecule has 0 saturated carbocycles. The second-order valence-electron chi connectivity index (χ2n) is 7.55. The van der Waals surface area contributed by atoms with E-state index in [9.17, 15) is 0 Å². The molecule has 0 unspecified atom stereocenters. The quantitative estimate of drug-likeness (QED) is 0.293. The van der Waals surface area contributed by atoms with Crippen molar-refractivity contribution in [3.63, 3.8) is 0 Å². The highest BCUT2D eigenvalue weighted by atomic mass is 15.3. The SMILES string of the molecule is [2H]c1c([2H])c([2H])c2c(c1[2H])c1c([2H])c([2H])c([2H])c([2H])c1n2-c1nc(C)nc(-n2c3c([2H])c([2H])c([2H])c([2H])c3c3c([2H])c(C)c([2H])c([2H])c32)n1. The Labute approximate surface area is 217 Å². The molecule has 0 aliphatic carbocycles. The van der Waals surface area contributed by atoms with Crippen LogP contribution in [0.3, 0.4) is 0 Å². The van der Waals surface area contributed by atoms with Crippen molar-refractivity contribution in [3.05, 3.63) is 102 Å². The maximum absolute atomic E-state index is 8.90. The molecule has 0 aliphatic rings. The zero-order valence-electron chi connectivity index (χ0n) is 32.7. The highest BCUT2D eigenvalue weighted by molar-refractivity contribution is 6.10. The zero-order valence-corrected chi connectivity index (χ0v) is 17.7. The molecule has 0 spiro atoms. The lowest BCUT2D eigenvalue weighted by Crippen LogP contribution is -2.10. The van der Waals surface area contributed by atoms with Crippen LogP contribution >= 0.6 is 0 Å². The van der Waals surface area contributed by atoms with Crippen LogP contribution in [0.2, 0.25) is 0 Å². The van der Waals surface area contributed by atoms with Crippen molar-refractivity contribution >= 4 is 43.6 Å². The van der Waals surface area contributed by atoms with Gasteiger partial charge in [0.1, 0.15) is 5.82 Å². The fraction of sp³-hybridized carbons (Fsp3) is 0.0690. The summed E-state index contributed by atoms with van der Waals surface area (Å²) in [5.74, 6) is -0.743. The van der Waals surface area contributed by atoms with Crippen LogP contribution in [-0.4, -0.2) is 24.1 Å². The molecule has 0 amide bonds. The summed E-state index contributed by atoms with van der Waals surface area (Å²) in [6.07, 6.45) is 0. The van der Waals surface area contributed by atoms with E-state index < -0.39 is 78.6 Å². The molecular formula is C29H21N5. The van der Waals surface area contributed by atoms with Crippen LogP contribution in [0.1, 0.15) is 31.9 Å². The monoisotopic (exact) mass is 454 g/mol. The number of hydrogen-bond donors (Lipinski definition) is 0. The third-order valence-corrected chi connectivity index (χ3v) is 5.44. The highest BCUT2D eigenvalue weighted by Crippen LogP contribution is 2.33. The molecular weight excluding hydrogens is 418 g/mol. The molecule has 0 atom stereocenters. The van der Waals surface area contributed by atoms with Gasteiger partial charge in [-0.1, -0.05) is 66.0 Å². The lowest BCUT2D eigenvalue weighted by molar-refractivity contribution is 0.855. The van der Waals surface area contributed by atoms with Crippen LogP contribution in [0.15, 0.2) is 90.6 Å². The first-order valence-electron chi connectivity index (χ1n) is 17.7. The minimum atomic E-state index is -0.652. The van der Waals surface area contributed by atoms with E-state index in [0.717, 1.165) is 9.13 Å².